The molecule has 2 aromatic heterocycles. The van der Waals surface area contributed by atoms with Gasteiger partial charge in [-0.15, -0.1) is 0 Å². The van der Waals surface area contributed by atoms with Crippen LogP contribution in [0.15, 0.2) is 74.6 Å². The largest absolute Gasteiger partial charge is 0.455 e. The van der Waals surface area contributed by atoms with Gasteiger partial charge < -0.3 is 8.83 Å². The third-order valence-electron chi connectivity index (χ3n) is 4.26. The van der Waals surface area contributed by atoms with E-state index in [2.05, 4.69) is 10.5 Å². The van der Waals surface area contributed by atoms with Crippen LogP contribution in [0.3, 0.4) is 0 Å². The Morgan fingerprint density at radius 2 is 1.71 bits per heavy atom. The topological polar surface area (TPSA) is 154 Å². The SMILES string of the molecule is O=C(N/N=C/c1ccc(-c2cccc([N+](=O)[O-])c2)o1)c1cc2cc([N+](=O)[O-])ccc2o1. The molecule has 0 atom stereocenters. The molecule has 0 saturated carbocycles. The molecule has 11 nitrogen and oxygen atoms in total. The summed E-state index contributed by atoms with van der Waals surface area (Å²) in [6, 6.07) is 14.5. The molecule has 0 bridgehead atoms. The minimum Gasteiger partial charge on any atom is -0.455 e. The zero-order chi connectivity index (χ0) is 22.0. The van der Waals surface area contributed by atoms with E-state index >= 15 is 0 Å². The number of nitrogens with zero attached hydrogens (tertiary/aromatic N) is 3. The Kier molecular flexibility index (Phi) is 4.98. The third kappa shape index (κ3) is 4.15. The number of rotatable bonds is 6. The Balaban J connectivity index is 1.45. The number of nitro benzene ring substituents is 2. The molecular weight excluding hydrogens is 408 g/mol. The molecule has 0 unspecified atom stereocenters. The lowest BCUT2D eigenvalue weighted by atomic mass is 10.1. The standard InChI is InChI=1S/C20H12N4O7/c25-20(19-10-13-9-15(24(28)29)4-6-18(13)31-19)22-21-11-16-5-7-17(30-16)12-2-1-3-14(8-12)23(26)27/h1-11H,(H,22,25)/b21-11+. The molecule has 0 aliphatic heterocycles. The van der Waals surface area contributed by atoms with Crippen molar-refractivity contribution in [2.75, 3.05) is 0 Å². The lowest BCUT2D eigenvalue weighted by Gasteiger charge is -1.97. The van der Waals surface area contributed by atoms with E-state index in [9.17, 15) is 25.0 Å². The summed E-state index contributed by atoms with van der Waals surface area (Å²) in [7, 11) is 0. The van der Waals surface area contributed by atoms with Gasteiger partial charge >= 0.3 is 5.91 Å². The highest BCUT2D eigenvalue weighted by molar-refractivity contribution is 5.96. The van der Waals surface area contributed by atoms with Crippen LogP contribution in [-0.4, -0.2) is 22.0 Å². The van der Waals surface area contributed by atoms with Crippen molar-refractivity contribution in [1.29, 1.82) is 0 Å². The summed E-state index contributed by atoms with van der Waals surface area (Å²) in [5, 5.41) is 25.9. The fourth-order valence-corrected chi connectivity index (χ4v) is 2.82. The maximum atomic E-state index is 12.2. The number of fused-ring (bicyclic) bond motifs is 1. The monoisotopic (exact) mass is 420 g/mol. The summed E-state index contributed by atoms with van der Waals surface area (Å²) in [6.07, 6.45) is 1.26. The van der Waals surface area contributed by atoms with E-state index in [1.54, 1.807) is 24.3 Å². The molecule has 0 radical (unpaired) electrons. The number of carbonyl (C=O) groups is 1. The predicted octanol–water partition coefficient (Wildman–Crippen LogP) is 4.27. The Labute approximate surface area is 172 Å². The molecule has 0 aliphatic rings. The first-order valence-electron chi connectivity index (χ1n) is 8.77. The highest BCUT2D eigenvalue weighted by Crippen LogP contribution is 2.26. The highest BCUT2D eigenvalue weighted by atomic mass is 16.6. The van der Waals surface area contributed by atoms with Crippen molar-refractivity contribution in [3.8, 4) is 11.3 Å². The van der Waals surface area contributed by atoms with E-state index in [4.69, 9.17) is 8.83 Å². The fraction of sp³-hybridized carbons (Fsp3) is 0. The van der Waals surface area contributed by atoms with Gasteiger partial charge in [0.25, 0.3) is 11.4 Å². The van der Waals surface area contributed by atoms with Crippen LogP contribution in [0.2, 0.25) is 0 Å². The molecule has 11 heteroatoms. The number of nitro groups is 2. The quantitative estimate of drug-likeness (QED) is 0.277. The average molecular weight is 420 g/mol. The van der Waals surface area contributed by atoms with Gasteiger partial charge in [-0.1, -0.05) is 12.1 Å². The molecule has 0 fully saturated rings. The van der Waals surface area contributed by atoms with Gasteiger partial charge in [-0.25, -0.2) is 5.43 Å². The van der Waals surface area contributed by atoms with Crippen LogP contribution >= 0.6 is 0 Å². The summed E-state index contributed by atoms with van der Waals surface area (Å²) in [5.41, 5.74) is 2.94. The molecule has 0 spiro atoms. The Morgan fingerprint density at radius 1 is 0.935 bits per heavy atom. The first-order valence-corrected chi connectivity index (χ1v) is 8.77. The molecule has 31 heavy (non-hydrogen) atoms. The molecule has 0 aliphatic carbocycles. The van der Waals surface area contributed by atoms with Gasteiger partial charge in [-0.2, -0.15) is 5.10 Å². The number of hydrogen-bond donors (Lipinski definition) is 1. The van der Waals surface area contributed by atoms with Gasteiger partial charge in [-0.05, 0) is 24.3 Å². The van der Waals surface area contributed by atoms with Gasteiger partial charge in [0.05, 0.1) is 16.1 Å². The smallest absolute Gasteiger partial charge is 0.307 e. The fourth-order valence-electron chi connectivity index (χ4n) is 2.82. The number of carbonyl (C=O) groups excluding carboxylic acids is 1. The second-order valence-electron chi connectivity index (χ2n) is 6.30. The van der Waals surface area contributed by atoms with E-state index in [1.807, 2.05) is 0 Å². The molecule has 4 rings (SSSR count). The van der Waals surface area contributed by atoms with Crippen molar-refractivity contribution in [1.82, 2.24) is 5.43 Å². The summed E-state index contributed by atoms with van der Waals surface area (Å²) >= 11 is 0. The first kappa shape index (κ1) is 19.5. The summed E-state index contributed by atoms with van der Waals surface area (Å²) in [5.74, 6) is -0.0117. The minimum atomic E-state index is -0.652. The van der Waals surface area contributed by atoms with Crippen LogP contribution in [0.25, 0.3) is 22.3 Å². The van der Waals surface area contributed by atoms with E-state index in [1.165, 1.54) is 42.6 Å². The van der Waals surface area contributed by atoms with Gasteiger partial charge in [0.2, 0.25) is 0 Å². The van der Waals surface area contributed by atoms with Gasteiger partial charge in [-0.3, -0.25) is 25.0 Å². The van der Waals surface area contributed by atoms with Crippen LogP contribution in [-0.2, 0) is 0 Å². The van der Waals surface area contributed by atoms with Crippen molar-refractivity contribution < 1.29 is 23.5 Å². The Hall–Kier alpha value is -4.80. The van der Waals surface area contributed by atoms with Crippen molar-refractivity contribution in [3.05, 3.63) is 92.4 Å². The van der Waals surface area contributed by atoms with E-state index in [-0.39, 0.29) is 17.1 Å². The second kappa shape index (κ2) is 7.91. The van der Waals surface area contributed by atoms with Crippen LogP contribution in [0, 0.1) is 20.2 Å². The van der Waals surface area contributed by atoms with Crippen LogP contribution < -0.4 is 5.43 Å². The molecular formula is C20H12N4O7. The lowest BCUT2D eigenvalue weighted by molar-refractivity contribution is -0.384. The van der Waals surface area contributed by atoms with Crippen molar-refractivity contribution in [2.45, 2.75) is 0 Å². The highest BCUT2D eigenvalue weighted by Gasteiger charge is 2.15. The lowest BCUT2D eigenvalue weighted by Crippen LogP contribution is -2.16. The molecule has 0 saturated heterocycles. The molecule has 2 heterocycles. The molecule has 1 amide bonds. The number of amides is 1. The van der Waals surface area contributed by atoms with Gasteiger partial charge in [0, 0.05) is 35.2 Å². The van der Waals surface area contributed by atoms with Crippen molar-refractivity contribution >= 4 is 34.5 Å². The second-order valence-corrected chi connectivity index (χ2v) is 6.30. The minimum absolute atomic E-state index is 0.0625. The zero-order valence-corrected chi connectivity index (χ0v) is 15.6. The van der Waals surface area contributed by atoms with E-state index < -0.39 is 15.8 Å². The zero-order valence-electron chi connectivity index (χ0n) is 15.6. The molecule has 1 N–H and O–H groups in total. The average Bonchev–Trinajstić information content (AvgIpc) is 3.40. The molecule has 4 aromatic rings. The number of hydrogen-bond acceptors (Lipinski definition) is 8. The Morgan fingerprint density at radius 3 is 2.48 bits per heavy atom. The van der Waals surface area contributed by atoms with Crippen molar-refractivity contribution in [2.24, 2.45) is 5.10 Å². The summed E-state index contributed by atoms with van der Waals surface area (Å²) in [6.45, 7) is 0. The van der Waals surface area contributed by atoms with Gasteiger partial charge in [0.15, 0.2) is 5.76 Å². The number of benzene rings is 2. The number of hydrazone groups is 1. The first-order chi connectivity index (χ1) is 14.9. The summed E-state index contributed by atoms with van der Waals surface area (Å²) in [4.78, 5) is 32.9. The molecule has 154 valence electrons. The third-order valence-corrected chi connectivity index (χ3v) is 4.26. The molecule has 2 aromatic carbocycles. The van der Waals surface area contributed by atoms with Crippen molar-refractivity contribution in [3.63, 3.8) is 0 Å². The maximum Gasteiger partial charge on any atom is 0.307 e. The normalized spacial score (nSPS) is 11.1. The number of furan rings is 2. The van der Waals surface area contributed by atoms with Crippen LogP contribution in [0.1, 0.15) is 16.3 Å². The van der Waals surface area contributed by atoms with E-state index in [0.29, 0.717) is 28.1 Å². The van der Waals surface area contributed by atoms with Crippen LogP contribution in [0.5, 0.6) is 0 Å². The maximum absolute atomic E-state index is 12.2. The van der Waals surface area contributed by atoms with Crippen LogP contribution in [0.4, 0.5) is 11.4 Å². The Bertz CT molecular complexity index is 1350. The number of non-ortho nitro benzene ring substituents is 2. The summed E-state index contributed by atoms with van der Waals surface area (Å²) < 4.78 is 10.9. The van der Waals surface area contributed by atoms with Gasteiger partial charge in [0.1, 0.15) is 17.1 Å². The van der Waals surface area contributed by atoms with E-state index in [0.717, 1.165) is 0 Å². The predicted molar refractivity (Wildman–Crippen MR) is 109 cm³/mol. The number of nitrogens with one attached hydrogen (secondary N) is 1.